The number of nitrogens with one attached hydrogen (secondary N) is 1. The highest BCUT2D eigenvalue weighted by Crippen LogP contribution is 2.26. The molecule has 4 rings (SSSR count). The first-order chi connectivity index (χ1) is 14.2. The van der Waals surface area contributed by atoms with E-state index in [-0.39, 0.29) is 10.9 Å². The molecule has 2 aromatic rings. The molecule has 0 spiro atoms. The van der Waals surface area contributed by atoms with E-state index >= 15 is 0 Å². The third-order valence-corrected chi connectivity index (χ3v) is 6.05. The van der Waals surface area contributed by atoms with Crippen molar-refractivity contribution in [1.29, 1.82) is 0 Å². The van der Waals surface area contributed by atoms with E-state index in [1.54, 1.807) is 7.11 Å². The fourth-order valence-electron chi connectivity index (χ4n) is 4.31. The lowest BCUT2D eigenvalue weighted by molar-refractivity contribution is 0.415. The minimum absolute atomic E-state index is 0.345. The number of ether oxygens (including phenoxy) is 1. The van der Waals surface area contributed by atoms with Crippen LogP contribution >= 0.6 is 0 Å². The Labute approximate surface area is 171 Å². The lowest BCUT2D eigenvalue weighted by atomic mass is 9.97. The van der Waals surface area contributed by atoms with E-state index in [0.717, 1.165) is 57.0 Å². The molecule has 0 radical (unpaired) electrons. The summed E-state index contributed by atoms with van der Waals surface area (Å²) in [6.07, 6.45) is 8.14. The molecule has 0 bridgehead atoms. The average Bonchev–Trinajstić information content (AvgIpc) is 2.79. The second-order valence-electron chi connectivity index (χ2n) is 7.84. The Bertz CT molecular complexity index is 933. The lowest BCUT2D eigenvalue weighted by Gasteiger charge is -2.38. The Morgan fingerprint density at radius 2 is 1.69 bits per heavy atom. The van der Waals surface area contributed by atoms with E-state index < -0.39 is 0 Å². The molecule has 1 aliphatic carbocycles. The van der Waals surface area contributed by atoms with Gasteiger partial charge in [-0.3, -0.25) is 9.59 Å². The van der Waals surface area contributed by atoms with Crippen LogP contribution in [0.5, 0.6) is 5.75 Å². The predicted molar refractivity (Wildman–Crippen MR) is 118 cm³/mol. The molecule has 6 heteroatoms. The number of rotatable bonds is 7. The standard InChI is InChI=1S/C23H29N3O3/c1-29-19-9-7-18(8-10-19)25-13-15-26(16-14-25)21-20(22(27)23(21)28)24-12-11-17-5-3-2-4-6-17/h5,7-10,24H,2-4,6,11-16H2,1H3. The molecular weight excluding hydrogens is 366 g/mol. The van der Waals surface area contributed by atoms with Crippen LogP contribution in [-0.4, -0.2) is 39.8 Å². The largest absolute Gasteiger partial charge is 0.497 e. The molecule has 1 saturated heterocycles. The number of hydrogen-bond acceptors (Lipinski definition) is 6. The van der Waals surface area contributed by atoms with E-state index in [1.807, 2.05) is 12.1 Å². The van der Waals surface area contributed by atoms with E-state index in [1.165, 1.54) is 24.8 Å². The fraction of sp³-hybridized carbons (Fsp3) is 0.478. The summed E-state index contributed by atoms with van der Waals surface area (Å²) in [6.45, 7) is 3.82. The van der Waals surface area contributed by atoms with Crippen LogP contribution in [0.25, 0.3) is 0 Å². The van der Waals surface area contributed by atoms with Gasteiger partial charge in [-0.05, 0) is 56.4 Å². The zero-order chi connectivity index (χ0) is 20.2. The molecular formula is C23H29N3O3. The number of anilines is 3. The number of nitrogens with zero attached hydrogens (tertiary/aromatic N) is 2. The minimum Gasteiger partial charge on any atom is -0.497 e. The molecule has 2 aromatic carbocycles. The highest BCUT2D eigenvalue weighted by Gasteiger charge is 2.28. The van der Waals surface area contributed by atoms with Gasteiger partial charge in [0.2, 0.25) is 0 Å². The third kappa shape index (κ3) is 4.16. The van der Waals surface area contributed by atoms with E-state index in [9.17, 15) is 9.59 Å². The van der Waals surface area contributed by atoms with E-state index in [2.05, 4.69) is 33.3 Å². The third-order valence-electron chi connectivity index (χ3n) is 6.05. The van der Waals surface area contributed by atoms with Crippen molar-refractivity contribution in [2.75, 3.05) is 55.0 Å². The van der Waals surface area contributed by atoms with Crippen molar-refractivity contribution in [3.05, 3.63) is 56.4 Å². The first-order valence-corrected chi connectivity index (χ1v) is 10.6. The van der Waals surface area contributed by atoms with E-state index in [0.29, 0.717) is 11.4 Å². The Hall–Kier alpha value is -2.76. The summed E-state index contributed by atoms with van der Waals surface area (Å²) in [5, 5.41) is 3.25. The minimum atomic E-state index is -0.366. The molecule has 0 unspecified atom stereocenters. The van der Waals surface area contributed by atoms with Crippen LogP contribution in [0.3, 0.4) is 0 Å². The molecule has 0 atom stereocenters. The van der Waals surface area contributed by atoms with Crippen LogP contribution in [0.4, 0.5) is 17.1 Å². The van der Waals surface area contributed by atoms with Crippen molar-refractivity contribution >= 4 is 17.1 Å². The van der Waals surface area contributed by atoms with Crippen LogP contribution in [0.2, 0.25) is 0 Å². The Morgan fingerprint density at radius 3 is 2.34 bits per heavy atom. The molecule has 0 amide bonds. The zero-order valence-corrected chi connectivity index (χ0v) is 17.1. The summed E-state index contributed by atoms with van der Waals surface area (Å²) in [6, 6.07) is 8.03. The smallest absolute Gasteiger partial charge is 0.253 e. The van der Waals surface area contributed by atoms with Crippen LogP contribution in [0, 0.1) is 0 Å². The molecule has 1 aliphatic heterocycles. The van der Waals surface area contributed by atoms with Crippen molar-refractivity contribution in [1.82, 2.24) is 0 Å². The first-order valence-electron chi connectivity index (χ1n) is 10.6. The average molecular weight is 396 g/mol. The summed E-state index contributed by atoms with van der Waals surface area (Å²) in [4.78, 5) is 28.7. The van der Waals surface area contributed by atoms with Crippen molar-refractivity contribution in [2.24, 2.45) is 0 Å². The Balaban J connectivity index is 1.34. The van der Waals surface area contributed by atoms with Crippen LogP contribution in [0.15, 0.2) is 45.5 Å². The monoisotopic (exact) mass is 395 g/mol. The number of hydrogen-bond donors (Lipinski definition) is 1. The van der Waals surface area contributed by atoms with Gasteiger partial charge >= 0.3 is 0 Å². The van der Waals surface area contributed by atoms with Crippen LogP contribution < -0.4 is 30.7 Å². The molecule has 0 aromatic heterocycles. The summed E-state index contributed by atoms with van der Waals surface area (Å²) >= 11 is 0. The van der Waals surface area contributed by atoms with Gasteiger partial charge in [0.1, 0.15) is 17.1 Å². The predicted octanol–water partition coefficient (Wildman–Crippen LogP) is 2.92. The molecule has 0 saturated carbocycles. The zero-order valence-electron chi connectivity index (χ0n) is 17.1. The van der Waals surface area contributed by atoms with Crippen LogP contribution in [-0.2, 0) is 0 Å². The Morgan fingerprint density at radius 1 is 0.966 bits per heavy atom. The second-order valence-corrected chi connectivity index (χ2v) is 7.84. The molecule has 29 heavy (non-hydrogen) atoms. The maximum absolute atomic E-state index is 12.2. The quantitative estimate of drug-likeness (QED) is 0.575. The molecule has 154 valence electrons. The van der Waals surface area contributed by atoms with Crippen molar-refractivity contribution in [3.63, 3.8) is 0 Å². The fourth-order valence-corrected chi connectivity index (χ4v) is 4.31. The van der Waals surface area contributed by atoms with Crippen molar-refractivity contribution in [2.45, 2.75) is 32.1 Å². The molecule has 2 aliphatic rings. The highest BCUT2D eigenvalue weighted by molar-refractivity contribution is 5.75. The van der Waals surface area contributed by atoms with Gasteiger partial charge in [0.15, 0.2) is 0 Å². The number of piperazine rings is 1. The lowest BCUT2D eigenvalue weighted by Crippen LogP contribution is -2.51. The van der Waals surface area contributed by atoms with Gasteiger partial charge in [-0.15, -0.1) is 0 Å². The first kappa shape index (κ1) is 19.6. The maximum Gasteiger partial charge on any atom is 0.253 e. The summed E-state index contributed by atoms with van der Waals surface area (Å²) in [5.41, 5.74) is 3.01. The van der Waals surface area contributed by atoms with Gasteiger partial charge in [-0.1, -0.05) is 11.6 Å². The van der Waals surface area contributed by atoms with Gasteiger partial charge in [-0.2, -0.15) is 0 Å². The SMILES string of the molecule is COc1ccc(N2CCN(c3c(NCCC4=CCCCC4)c(=O)c3=O)CC2)cc1. The second kappa shape index (κ2) is 8.72. The number of benzene rings is 1. The Kier molecular flexibility index (Phi) is 5.88. The van der Waals surface area contributed by atoms with E-state index in [4.69, 9.17) is 4.74 Å². The summed E-state index contributed by atoms with van der Waals surface area (Å²) in [5.74, 6) is 0.843. The van der Waals surface area contributed by atoms with Gasteiger partial charge < -0.3 is 19.9 Å². The van der Waals surface area contributed by atoms with Gasteiger partial charge in [0.25, 0.3) is 10.9 Å². The molecule has 1 N–H and O–H groups in total. The summed E-state index contributed by atoms with van der Waals surface area (Å²) in [7, 11) is 1.66. The van der Waals surface area contributed by atoms with Gasteiger partial charge in [-0.25, -0.2) is 0 Å². The van der Waals surface area contributed by atoms with Crippen molar-refractivity contribution < 1.29 is 4.74 Å². The molecule has 1 heterocycles. The number of methoxy groups -OCH3 is 1. The molecule has 6 nitrogen and oxygen atoms in total. The summed E-state index contributed by atoms with van der Waals surface area (Å²) < 4.78 is 5.22. The number of allylic oxidation sites excluding steroid dienone is 1. The van der Waals surface area contributed by atoms with Gasteiger partial charge in [0.05, 0.1) is 7.11 Å². The van der Waals surface area contributed by atoms with Crippen molar-refractivity contribution in [3.8, 4) is 5.75 Å². The highest BCUT2D eigenvalue weighted by atomic mass is 16.5. The molecule has 1 fully saturated rings. The van der Waals surface area contributed by atoms with Gasteiger partial charge in [0, 0.05) is 38.4 Å². The normalized spacial score (nSPS) is 17.3. The topological polar surface area (TPSA) is 61.9 Å². The van der Waals surface area contributed by atoms with Crippen LogP contribution in [0.1, 0.15) is 32.1 Å². The maximum atomic E-state index is 12.2.